The quantitative estimate of drug-likeness (QED) is 0.913. The molecule has 1 aliphatic carbocycles. The minimum atomic E-state index is 0.00116. The predicted octanol–water partition coefficient (Wildman–Crippen LogP) is 3.75. The molecule has 1 amide bonds. The Kier molecular flexibility index (Phi) is 4.21. The average molecular weight is 319 g/mol. The number of hydrogen-bond acceptors (Lipinski definition) is 3. The van der Waals surface area contributed by atoms with Crippen LogP contribution >= 0.6 is 11.6 Å². The van der Waals surface area contributed by atoms with Gasteiger partial charge in [0.2, 0.25) is 5.91 Å². The van der Waals surface area contributed by atoms with E-state index in [9.17, 15) is 4.79 Å². The van der Waals surface area contributed by atoms with Crippen LogP contribution in [-0.2, 0) is 11.2 Å². The summed E-state index contributed by atoms with van der Waals surface area (Å²) in [5, 5.41) is 7.76. The highest BCUT2D eigenvalue weighted by Crippen LogP contribution is 2.41. The maximum absolute atomic E-state index is 12.4. The van der Waals surface area contributed by atoms with E-state index in [0.29, 0.717) is 23.1 Å². The van der Waals surface area contributed by atoms with Gasteiger partial charge in [-0.3, -0.25) is 4.79 Å². The van der Waals surface area contributed by atoms with Gasteiger partial charge in [-0.25, -0.2) is 0 Å². The smallest absolute Gasteiger partial charge is 0.225 e. The van der Waals surface area contributed by atoms with E-state index in [1.807, 2.05) is 38.1 Å². The zero-order chi connectivity index (χ0) is 15.7. The normalized spacial score (nSPS) is 15.6. The summed E-state index contributed by atoms with van der Waals surface area (Å²) in [6.07, 6.45) is 2.61. The van der Waals surface area contributed by atoms with Crippen molar-refractivity contribution in [2.75, 3.05) is 0 Å². The molecule has 1 fully saturated rings. The van der Waals surface area contributed by atoms with Crippen LogP contribution in [-0.4, -0.2) is 11.1 Å². The highest BCUT2D eigenvalue weighted by atomic mass is 35.5. The van der Waals surface area contributed by atoms with Crippen LogP contribution < -0.4 is 5.32 Å². The molecule has 4 nitrogen and oxygen atoms in total. The van der Waals surface area contributed by atoms with Gasteiger partial charge < -0.3 is 9.84 Å². The fourth-order valence-corrected chi connectivity index (χ4v) is 2.84. The van der Waals surface area contributed by atoms with E-state index in [1.54, 1.807) is 0 Å². The topological polar surface area (TPSA) is 55.1 Å². The summed E-state index contributed by atoms with van der Waals surface area (Å²) in [7, 11) is 0. The molecule has 1 aliphatic rings. The highest BCUT2D eigenvalue weighted by Gasteiger charge is 2.33. The van der Waals surface area contributed by atoms with Gasteiger partial charge in [-0.1, -0.05) is 28.9 Å². The first-order chi connectivity index (χ1) is 10.5. The van der Waals surface area contributed by atoms with Crippen molar-refractivity contribution in [2.45, 2.75) is 39.2 Å². The van der Waals surface area contributed by atoms with Gasteiger partial charge >= 0.3 is 0 Å². The van der Waals surface area contributed by atoms with Crippen LogP contribution in [0.1, 0.15) is 41.5 Å². The van der Waals surface area contributed by atoms with E-state index in [-0.39, 0.29) is 11.9 Å². The largest absolute Gasteiger partial charge is 0.361 e. The van der Waals surface area contributed by atoms with Gasteiger partial charge in [0.15, 0.2) is 0 Å². The molecule has 1 N–H and O–H groups in total. The summed E-state index contributed by atoms with van der Waals surface area (Å²) >= 11 is 5.94. The third kappa shape index (κ3) is 3.33. The Morgan fingerprint density at radius 2 is 2.05 bits per heavy atom. The number of aryl methyl sites for hydroxylation is 2. The third-order valence-corrected chi connectivity index (χ3v) is 4.41. The second kappa shape index (κ2) is 6.13. The maximum Gasteiger partial charge on any atom is 0.225 e. The van der Waals surface area contributed by atoms with Crippen molar-refractivity contribution in [2.24, 2.45) is 5.92 Å². The van der Waals surface area contributed by atoms with Gasteiger partial charge in [-0.05, 0) is 50.3 Å². The lowest BCUT2D eigenvalue weighted by Gasteiger charge is -2.19. The SMILES string of the molecule is Cc1noc(C)c1CC(=O)NC(c1ccc(Cl)cc1)C1CC1. The number of nitrogens with one attached hydrogen (secondary N) is 1. The molecule has 1 unspecified atom stereocenters. The molecule has 0 spiro atoms. The van der Waals surface area contributed by atoms with E-state index >= 15 is 0 Å². The minimum Gasteiger partial charge on any atom is -0.361 e. The minimum absolute atomic E-state index is 0.00116. The Bertz CT molecular complexity index is 655. The van der Waals surface area contributed by atoms with Crippen molar-refractivity contribution in [1.29, 1.82) is 0 Å². The van der Waals surface area contributed by atoms with Crippen molar-refractivity contribution in [1.82, 2.24) is 10.5 Å². The number of nitrogens with zero attached hydrogens (tertiary/aromatic N) is 1. The molecule has 1 aromatic carbocycles. The summed E-state index contributed by atoms with van der Waals surface area (Å²) in [6, 6.07) is 7.77. The average Bonchev–Trinajstić information content (AvgIpc) is 3.28. The zero-order valence-corrected chi connectivity index (χ0v) is 13.5. The Balaban J connectivity index is 1.71. The number of benzene rings is 1. The second-order valence-corrected chi connectivity index (χ2v) is 6.35. The van der Waals surface area contributed by atoms with Crippen molar-refractivity contribution >= 4 is 17.5 Å². The molecule has 5 heteroatoms. The molecule has 1 saturated carbocycles. The summed E-state index contributed by atoms with van der Waals surface area (Å²) < 4.78 is 5.11. The van der Waals surface area contributed by atoms with E-state index in [1.165, 1.54) is 0 Å². The Labute approximate surface area is 134 Å². The van der Waals surface area contributed by atoms with Crippen LogP contribution in [0.25, 0.3) is 0 Å². The molecule has 3 rings (SSSR count). The lowest BCUT2D eigenvalue weighted by molar-refractivity contribution is -0.121. The van der Waals surface area contributed by atoms with E-state index in [2.05, 4.69) is 10.5 Å². The lowest BCUT2D eigenvalue weighted by atomic mass is 10.0. The first kappa shape index (κ1) is 15.1. The molecule has 1 aromatic heterocycles. The van der Waals surface area contributed by atoms with E-state index < -0.39 is 0 Å². The van der Waals surface area contributed by atoms with Crippen LogP contribution in [0.15, 0.2) is 28.8 Å². The molecule has 116 valence electrons. The monoisotopic (exact) mass is 318 g/mol. The molecular weight excluding hydrogens is 300 g/mol. The molecule has 1 atom stereocenters. The fraction of sp³-hybridized carbons (Fsp3) is 0.412. The van der Waals surface area contributed by atoms with E-state index in [4.69, 9.17) is 16.1 Å². The summed E-state index contributed by atoms with van der Waals surface area (Å²) in [5.41, 5.74) is 2.77. The maximum atomic E-state index is 12.4. The van der Waals surface area contributed by atoms with Gasteiger partial charge in [0.1, 0.15) is 5.76 Å². The van der Waals surface area contributed by atoms with Crippen molar-refractivity contribution in [3.63, 3.8) is 0 Å². The lowest BCUT2D eigenvalue weighted by Crippen LogP contribution is -2.31. The summed E-state index contributed by atoms with van der Waals surface area (Å²) in [4.78, 5) is 12.4. The molecule has 0 aliphatic heterocycles. The van der Waals surface area contributed by atoms with Gasteiger partial charge in [0, 0.05) is 10.6 Å². The van der Waals surface area contributed by atoms with Crippen LogP contribution in [0.5, 0.6) is 0 Å². The first-order valence-electron chi connectivity index (χ1n) is 7.51. The molecule has 0 bridgehead atoms. The standard InChI is InChI=1S/C17H19ClN2O2/c1-10-15(11(2)22-20-10)9-16(21)19-17(12-3-4-12)13-5-7-14(18)8-6-13/h5-8,12,17H,3-4,9H2,1-2H3,(H,19,21). The molecule has 2 aromatic rings. The molecule has 1 heterocycles. The highest BCUT2D eigenvalue weighted by molar-refractivity contribution is 6.30. The fourth-order valence-electron chi connectivity index (χ4n) is 2.71. The van der Waals surface area contributed by atoms with Crippen molar-refractivity contribution < 1.29 is 9.32 Å². The van der Waals surface area contributed by atoms with Gasteiger partial charge in [-0.15, -0.1) is 0 Å². The molecular formula is C17H19ClN2O2. The Morgan fingerprint density at radius 1 is 1.36 bits per heavy atom. The summed E-state index contributed by atoms with van der Waals surface area (Å²) in [5.74, 6) is 1.23. The number of carbonyl (C=O) groups is 1. The van der Waals surface area contributed by atoms with Gasteiger partial charge in [-0.2, -0.15) is 0 Å². The number of hydrogen-bond donors (Lipinski definition) is 1. The summed E-state index contributed by atoms with van der Waals surface area (Å²) in [6.45, 7) is 3.69. The number of halogens is 1. The van der Waals surface area contributed by atoms with Gasteiger partial charge in [0.05, 0.1) is 18.2 Å². The number of carbonyl (C=O) groups excluding carboxylic acids is 1. The Hall–Kier alpha value is -1.81. The van der Waals surface area contributed by atoms with Crippen molar-refractivity contribution in [3.8, 4) is 0 Å². The van der Waals surface area contributed by atoms with Crippen LogP contribution in [0.2, 0.25) is 5.02 Å². The first-order valence-corrected chi connectivity index (χ1v) is 7.89. The van der Waals surface area contributed by atoms with Gasteiger partial charge in [0.25, 0.3) is 0 Å². The second-order valence-electron chi connectivity index (χ2n) is 5.91. The number of rotatable bonds is 5. The van der Waals surface area contributed by atoms with Crippen LogP contribution in [0.3, 0.4) is 0 Å². The van der Waals surface area contributed by atoms with Crippen LogP contribution in [0, 0.1) is 19.8 Å². The van der Waals surface area contributed by atoms with E-state index in [0.717, 1.165) is 29.7 Å². The zero-order valence-electron chi connectivity index (χ0n) is 12.7. The third-order valence-electron chi connectivity index (χ3n) is 4.16. The molecule has 0 saturated heterocycles. The number of amides is 1. The molecule has 0 radical (unpaired) electrons. The number of aromatic nitrogens is 1. The van der Waals surface area contributed by atoms with Crippen molar-refractivity contribution in [3.05, 3.63) is 51.9 Å². The predicted molar refractivity (Wildman–Crippen MR) is 84.7 cm³/mol. The Morgan fingerprint density at radius 3 is 2.59 bits per heavy atom. The molecule has 22 heavy (non-hydrogen) atoms. The van der Waals surface area contributed by atoms with Crippen LogP contribution in [0.4, 0.5) is 0 Å².